The maximum Gasteiger partial charge on any atom is 0.182 e. The summed E-state index contributed by atoms with van der Waals surface area (Å²) in [5, 5.41) is 0. The number of hydrogen-bond acceptors (Lipinski definition) is 4. The highest BCUT2D eigenvalue weighted by molar-refractivity contribution is 7.80. The minimum absolute atomic E-state index is 0.0975. The van der Waals surface area contributed by atoms with Gasteiger partial charge in [-0.2, -0.15) is 0 Å². The molecule has 20 heavy (non-hydrogen) atoms. The van der Waals surface area contributed by atoms with Crippen LogP contribution >= 0.6 is 12.2 Å². The highest BCUT2D eigenvalue weighted by Gasteiger charge is 2.19. The maximum absolute atomic E-state index is 14.1. The second kappa shape index (κ2) is 8.08. The van der Waals surface area contributed by atoms with Crippen LogP contribution in [0.2, 0.25) is 0 Å². The number of benzene rings is 1. The van der Waals surface area contributed by atoms with Gasteiger partial charge >= 0.3 is 0 Å². The maximum atomic E-state index is 14.1. The molecule has 0 spiro atoms. The van der Waals surface area contributed by atoms with Gasteiger partial charge in [-0.25, -0.2) is 8.78 Å². The van der Waals surface area contributed by atoms with Gasteiger partial charge in [0.25, 0.3) is 0 Å². The quantitative estimate of drug-likeness (QED) is 0.741. The Bertz CT molecular complexity index is 464. The average molecular weight is 304 g/mol. The van der Waals surface area contributed by atoms with Crippen LogP contribution in [0.1, 0.15) is 5.56 Å². The largest absolute Gasteiger partial charge is 0.389 e. The number of hydrogen-bond donors (Lipinski definition) is 1. The lowest BCUT2D eigenvalue weighted by molar-refractivity contribution is 0.190. The lowest BCUT2D eigenvalue weighted by atomic mass is 10.1. The Hall–Kier alpha value is -1.31. The van der Waals surface area contributed by atoms with E-state index in [1.54, 1.807) is 19.1 Å². The number of nitrogens with zero attached hydrogens (tertiary/aromatic N) is 1. The van der Waals surface area contributed by atoms with Crippen LogP contribution in [-0.2, 0) is 9.47 Å². The van der Waals surface area contributed by atoms with Crippen molar-refractivity contribution in [2.75, 3.05) is 45.4 Å². The fourth-order valence-corrected chi connectivity index (χ4v) is 1.89. The number of ether oxygens (including phenoxy) is 2. The van der Waals surface area contributed by atoms with Crippen LogP contribution in [0.5, 0.6) is 0 Å². The summed E-state index contributed by atoms with van der Waals surface area (Å²) in [5.74, 6) is -2.00. The van der Waals surface area contributed by atoms with E-state index in [1.165, 1.54) is 12.1 Å². The molecule has 0 aromatic heterocycles. The van der Waals surface area contributed by atoms with Crippen LogP contribution in [-0.4, -0.2) is 45.5 Å². The number of thiocarbonyl (C=S) groups is 1. The van der Waals surface area contributed by atoms with Crippen LogP contribution < -0.4 is 10.6 Å². The molecule has 2 N–H and O–H groups in total. The van der Waals surface area contributed by atoms with Gasteiger partial charge in [-0.05, 0) is 12.1 Å². The number of anilines is 1. The minimum Gasteiger partial charge on any atom is -0.389 e. The number of rotatable bonds is 8. The fourth-order valence-electron chi connectivity index (χ4n) is 1.73. The lowest BCUT2D eigenvalue weighted by Gasteiger charge is -2.25. The highest BCUT2D eigenvalue weighted by atomic mass is 32.1. The molecule has 0 saturated heterocycles. The van der Waals surface area contributed by atoms with E-state index in [0.29, 0.717) is 26.3 Å². The third kappa shape index (κ3) is 4.09. The lowest BCUT2D eigenvalue weighted by Crippen LogP contribution is -2.32. The minimum atomic E-state index is -1.03. The second-order valence-corrected chi connectivity index (χ2v) is 4.54. The summed E-state index contributed by atoms with van der Waals surface area (Å²) in [6.45, 7) is 1.62. The van der Waals surface area contributed by atoms with Gasteiger partial charge in [0.15, 0.2) is 11.6 Å². The van der Waals surface area contributed by atoms with E-state index in [9.17, 15) is 8.78 Å². The van der Waals surface area contributed by atoms with E-state index in [2.05, 4.69) is 12.2 Å². The SMILES string of the molecule is COCCN(CCOC)c1ccc(C(N)=S)c(F)c1F. The monoisotopic (exact) mass is 304 g/mol. The smallest absolute Gasteiger partial charge is 0.182 e. The molecular formula is C13H18F2N2O2S. The number of halogens is 2. The molecule has 0 fully saturated rings. The van der Waals surface area contributed by atoms with Gasteiger partial charge in [0.2, 0.25) is 0 Å². The highest BCUT2D eigenvalue weighted by Crippen LogP contribution is 2.24. The Labute approximate surface area is 122 Å². The van der Waals surface area contributed by atoms with Crippen molar-refractivity contribution in [1.82, 2.24) is 0 Å². The fraction of sp³-hybridized carbons (Fsp3) is 0.462. The molecule has 1 aromatic carbocycles. The molecule has 0 atom stereocenters. The van der Waals surface area contributed by atoms with Crippen molar-refractivity contribution in [3.8, 4) is 0 Å². The molecule has 0 unspecified atom stereocenters. The van der Waals surface area contributed by atoms with Crippen molar-refractivity contribution < 1.29 is 18.3 Å². The summed E-state index contributed by atoms with van der Waals surface area (Å²) in [6.07, 6.45) is 0. The predicted octanol–water partition coefficient (Wildman–Crippen LogP) is 1.70. The van der Waals surface area contributed by atoms with E-state index in [4.69, 9.17) is 15.2 Å². The molecule has 0 bridgehead atoms. The van der Waals surface area contributed by atoms with Crippen molar-refractivity contribution in [3.05, 3.63) is 29.3 Å². The molecule has 7 heteroatoms. The zero-order chi connectivity index (χ0) is 15.1. The zero-order valence-electron chi connectivity index (χ0n) is 11.5. The van der Waals surface area contributed by atoms with Gasteiger partial charge in [0.1, 0.15) is 4.99 Å². The van der Waals surface area contributed by atoms with Crippen molar-refractivity contribution in [2.24, 2.45) is 5.73 Å². The summed E-state index contributed by atoms with van der Waals surface area (Å²) in [4.78, 5) is 1.47. The van der Waals surface area contributed by atoms with Crippen LogP contribution in [0, 0.1) is 11.6 Å². The van der Waals surface area contributed by atoms with Gasteiger partial charge in [-0.1, -0.05) is 12.2 Å². The van der Waals surface area contributed by atoms with Crippen molar-refractivity contribution in [1.29, 1.82) is 0 Å². The summed E-state index contributed by atoms with van der Waals surface area (Å²) >= 11 is 4.68. The molecule has 4 nitrogen and oxygen atoms in total. The van der Waals surface area contributed by atoms with Crippen LogP contribution in [0.3, 0.4) is 0 Å². The van der Waals surface area contributed by atoms with E-state index >= 15 is 0 Å². The first-order chi connectivity index (χ1) is 9.52. The Morgan fingerprint density at radius 3 is 2.15 bits per heavy atom. The number of methoxy groups -OCH3 is 2. The Balaban J connectivity index is 3.06. The number of nitrogens with two attached hydrogens (primary N) is 1. The molecule has 1 aromatic rings. The van der Waals surface area contributed by atoms with Gasteiger partial charge in [0, 0.05) is 32.9 Å². The van der Waals surface area contributed by atoms with Gasteiger partial charge < -0.3 is 20.1 Å². The van der Waals surface area contributed by atoms with E-state index < -0.39 is 11.6 Å². The topological polar surface area (TPSA) is 47.7 Å². The van der Waals surface area contributed by atoms with Crippen LogP contribution in [0.15, 0.2) is 12.1 Å². The third-order valence-electron chi connectivity index (χ3n) is 2.80. The summed E-state index contributed by atoms with van der Waals surface area (Å²) in [7, 11) is 3.09. The molecule has 0 aliphatic rings. The molecule has 0 aliphatic heterocycles. The summed E-state index contributed by atoms with van der Waals surface area (Å²) in [5.41, 5.74) is 5.38. The first kappa shape index (κ1) is 16.7. The van der Waals surface area contributed by atoms with Gasteiger partial charge in [-0.3, -0.25) is 0 Å². The normalized spacial score (nSPS) is 10.6. The van der Waals surface area contributed by atoms with E-state index in [-0.39, 0.29) is 16.2 Å². The summed E-state index contributed by atoms with van der Waals surface area (Å²) in [6, 6.07) is 2.83. The van der Waals surface area contributed by atoms with Crippen molar-refractivity contribution in [2.45, 2.75) is 0 Å². The standard InChI is InChI=1S/C13H18F2N2O2S/c1-18-7-5-17(6-8-19-2)10-4-3-9(13(16)20)11(14)12(10)15/h3-4H,5-8H2,1-2H3,(H2,16,20). The molecule has 0 radical (unpaired) electrons. The Morgan fingerprint density at radius 2 is 1.70 bits per heavy atom. The third-order valence-corrected chi connectivity index (χ3v) is 3.02. The molecule has 0 amide bonds. The molecule has 1 rings (SSSR count). The molecule has 112 valence electrons. The average Bonchev–Trinajstić information content (AvgIpc) is 2.42. The zero-order valence-corrected chi connectivity index (χ0v) is 12.3. The Morgan fingerprint density at radius 1 is 1.15 bits per heavy atom. The molecular weight excluding hydrogens is 286 g/mol. The molecule has 0 saturated carbocycles. The van der Waals surface area contributed by atoms with Crippen LogP contribution in [0.4, 0.5) is 14.5 Å². The Kier molecular flexibility index (Phi) is 6.77. The van der Waals surface area contributed by atoms with E-state index in [0.717, 1.165) is 0 Å². The first-order valence-corrected chi connectivity index (χ1v) is 6.44. The second-order valence-electron chi connectivity index (χ2n) is 4.10. The first-order valence-electron chi connectivity index (χ1n) is 6.03. The van der Waals surface area contributed by atoms with E-state index in [1.807, 2.05) is 0 Å². The summed E-state index contributed by atoms with van der Waals surface area (Å²) < 4.78 is 37.9. The van der Waals surface area contributed by atoms with Gasteiger partial charge in [-0.15, -0.1) is 0 Å². The molecule has 0 aliphatic carbocycles. The van der Waals surface area contributed by atoms with Crippen molar-refractivity contribution >= 4 is 22.9 Å². The van der Waals surface area contributed by atoms with Crippen molar-refractivity contribution in [3.63, 3.8) is 0 Å². The predicted molar refractivity (Wildman–Crippen MR) is 78.2 cm³/mol. The van der Waals surface area contributed by atoms with Gasteiger partial charge in [0.05, 0.1) is 18.9 Å². The van der Waals surface area contributed by atoms with Crippen LogP contribution in [0.25, 0.3) is 0 Å². The molecule has 0 heterocycles.